The fourth-order valence-electron chi connectivity index (χ4n) is 2.14. The molecule has 0 saturated heterocycles. The van der Waals surface area contributed by atoms with E-state index in [0.29, 0.717) is 24.3 Å². The predicted molar refractivity (Wildman–Crippen MR) is 75.2 cm³/mol. The van der Waals surface area contributed by atoms with Crippen LogP contribution in [0.5, 0.6) is 0 Å². The van der Waals surface area contributed by atoms with Crippen LogP contribution in [0.1, 0.15) is 11.1 Å². The van der Waals surface area contributed by atoms with Crippen LogP contribution >= 0.6 is 0 Å². The third-order valence-electron chi connectivity index (χ3n) is 3.49. The zero-order valence-corrected chi connectivity index (χ0v) is 13.4. The third-order valence-corrected chi connectivity index (χ3v) is 4.76. The summed E-state index contributed by atoms with van der Waals surface area (Å²) in [6.07, 6.45) is -2.59. The normalized spacial score (nSPS) is 15.8. The van der Waals surface area contributed by atoms with E-state index in [4.69, 9.17) is 0 Å². The maximum atomic E-state index is 14.5. The Hall–Kier alpha value is -2.08. The molecule has 138 valence electrons. The lowest BCUT2D eigenvalue weighted by molar-refractivity contribution is -0.144. The van der Waals surface area contributed by atoms with Crippen LogP contribution in [0.4, 0.5) is 22.0 Å². The minimum absolute atomic E-state index is 0.212. The molecule has 2 aromatic rings. The van der Waals surface area contributed by atoms with Crippen LogP contribution in [0.2, 0.25) is 0 Å². The first-order valence-electron chi connectivity index (χ1n) is 6.59. The number of nitrogens with zero attached hydrogens (tertiary/aromatic N) is 3. The van der Waals surface area contributed by atoms with E-state index in [9.17, 15) is 35.5 Å². The monoisotopic (exact) mass is 385 g/mol. The summed E-state index contributed by atoms with van der Waals surface area (Å²) in [6, 6.07) is 2.14. The number of rotatable bonds is 5. The van der Waals surface area contributed by atoms with Crippen LogP contribution in [-0.2, 0) is 28.2 Å². The van der Waals surface area contributed by atoms with Gasteiger partial charge in [0.1, 0.15) is 12.7 Å². The fraction of sp³-hybridized carbons (Fsp3) is 0.385. The van der Waals surface area contributed by atoms with Crippen molar-refractivity contribution < 1.29 is 35.5 Å². The Kier molecular flexibility index (Phi) is 4.63. The Bertz CT molecular complexity index is 835. The van der Waals surface area contributed by atoms with Crippen LogP contribution in [0.25, 0.3) is 0 Å². The van der Waals surface area contributed by atoms with Crippen LogP contribution in [0, 0.1) is 0 Å². The average Bonchev–Trinajstić information content (AvgIpc) is 2.97. The lowest BCUT2D eigenvalue weighted by atomic mass is 9.92. The van der Waals surface area contributed by atoms with Gasteiger partial charge in [-0.3, -0.25) is 0 Å². The molecule has 0 aliphatic heterocycles. The lowest BCUT2D eigenvalue weighted by Crippen LogP contribution is -2.53. The van der Waals surface area contributed by atoms with Crippen molar-refractivity contribution in [1.82, 2.24) is 14.8 Å². The van der Waals surface area contributed by atoms with E-state index in [0.717, 1.165) is 17.3 Å². The van der Waals surface area contributed by atoms with Crippen molar-refractivity contribution in [2.45, 2.75) is 23.6 Å². The van der Waals surface area contributed by atoms with Crippen molar-refractivity contribution in [3.8, 4) is 0 Å². The first-order chi connectivity index (χ1) is 11.3. The largest absolute Gasteiger partial charge is 0.416 e. The molecule has 6 nitrogen and oxygen atoms in total. The zero-order valence-electron chi connectivity index (χ0n) is 12.6. The van der Waals surface area contributed by atoms with Crippen molar-refractivity contribution in [2.75, 3.05) is 6.26 Å². The van der Waals surface area contributed by atoms with Crippen LogP contribution in [-0.4, -0.2) is 39.8 Å². The van der Waals surface area contributed by atoms with Gasteiger partial charge in [0.25, 0.3) is 0 Å². The number of hydrogen-bond donors (Lipinski definition) is 1. The van der Waals surface area contributed by atoms with Gasteiger partial charge in [0.2, 0.25) is 9.84 Å². The molecule has 0 fully saturated rings. The SMILES string of the molecule is CS(=O)(=O)C(F)(F)C(O)(Cn1cncn1)c1ccc(C(F)(F)F)cc1. The van der Waals surface area contributed by atoms with Crippen LogP contribution < -0.4 is 0 Å². The van der Waals surface area contributed by atoms with Gasteiger partial charge in [0.15, 0.2) is 5.60 Å². The topological polar surface area (TPSA) is 85.1 Å². The molecule has 1 N–H and O–H groups in total. The molecule has 25 heavy (non-hydrogen) atoms. The number of sulfone groups is 1. The Balaban J connectivity index is 2.59. The Morgan fingerprint density at radius 2 is 1.60 bits per heavy atom. The first-order valence-corrected chi connectivity index (χ1v) is 8.48. The third kappa shape index (κ3) is 3.49. The van der Waals surface area contributed by atoms with Crippen molar-refractivity contribution >= 4 is 9.84 Å². The number of hydrogen-bond acceptors (Lipinski definition) is 5. The molecular weight excluding hydrogens is 373 g/mol. The maximum absolute atomic E-state index is 14.5. The predicted octanol–water partition coefficient (Wildman–Crippen LogP) is 1.82. The number of aromatic nitrogens is 3. The van der Waals surface area contributed by atoms with Gasteiger partial charge in [-0.25, -0.2) is 18.1 Å². The second kappa shape index (κ2) is 6.02. The van der Waals surface area contributed by atoms with E-state index in [-0.39, 0.29) is 6.26 Å². The van der Waals surface area contributed by atoms with E-state index >= 15 is 0 Å². The van der Waals surface area contributed by atoms with Crippen LogP contribution in [0.3, 0.4) is 0 Å². The van der Waals surface area contributed by atoms with E-state index in [1.165, 1.54) is 0 Å². The number of alkyl halides is 5. The summed E-state index contributed by atoms with van der Waals surface area (Å²) in [4.78, 5) is 3.49. The van der Waals surface area contributed by atoms with Gasteiger partial charge in [-0.2, -0.15) is 27.1 Å². The summed E-state index contributed by atoms with van der Waals surface area (Å²) in [5.41, 5.74) is -5.22. The molecule has 0 bridgehead atoms. The highest BCUT2D eigenvalue weighted by Crippen LogP contribution is 2.43. The number of aliphatic hydroxyl groups is 1. The molecule has 0 spiro atoms. The summed E-state index contributed by atoms with van der Waals surface area (Å²) in [5, 5.41) is 9.33. The zero-order chi connectivity index (χ0) is 19.1. The van der Waals surface area contributed by atoms with Gasteiger partial charge in [0.05, 0.1) is 12.1 Å². The van der Waals surface area contributed by atoms with E-state index < -0.39 is 44.5 Å². The molecule has 1 heterocycles. The highest BCUT2D eigenvalue weighted by atomic mass is 32.2. The molecule has 1 atom stereocenters. The van der Waals surface area contributed by atoms with Crippen molar-refractivity contribution in [3.63, 3.8) is 0 Å². The molecule has 0 aliphatic rings. The Morgan fingerprint density at radius 3 is 2.00 bits per heavy atom. The summed E-state index contributed by atoms with van der Waals surface area (Å²) in [5.74, 6) is 0. The maximum Gasteiger partial charge on any atom is 0.416 e. The van der Waals surface area contributed by atoms with Gasteiger partial charge in [0, 0.05) is 6.26 Å². The van der Waals surface area contributed by atoms with Crippen molar-refractivity contribution in [1.29, 1.82) is 0 Å². The van der Waals surface area contributed by atoms with Gasteiger partial charge < -0.3 is 5.11 Å². The number of benzene rings is 1. The summed E-state index contributed by atoms with van der Waals surface area (Å²) in [6.45, 7) is -1.04. The molecule has 2 rings (SSSR count). The molecule has 0 radical (unpaired) electrons. The van der Waals surface area contributed by atoms with E-state index in [2.05, 4.69) is 10.1 Å². The van der Waals surface area contributed by atoms with Gasteiger partial charge in [-0.15, -0.1) is 0 Å². The standard InChI is InChI=1S/C13H12F5N3O3S/c1-25(23,24)13(17,18)11(22,6-21-8-19-7-20-21)9-2-4-10(5-3-9)12(14,15)16/h2-5,7-8,22H,6H2,1H3. The first kappa shape index (κ1) is 19.2. The number of halogens is 5. The van der Waals surface area contributed by atoms with Crippen LogP contribution in [0.15, 0.2) is 36.9 Å². The smallest absolute Gasteiger partial charge is 0.376 e. The van der Waals surface area contributed by atoms with E-state index in [1.54, 1.807) is 0 Å². The molecule has 1 unspecified atom stereocenters. The molecular formula is C13H12F5N3O3S. The average molecular weight is 385 g/mol. The fourth-order valence-corrected chi connectivity index (χ4v) is 2.94. The molecule has 12 heteroatoms. The molecule has 1 aromatic heterocycles. The molecule has 0 aliphatic carbocycles. The quantitative estimate of drug-likeness (QED) is 0.794. The summed E-state index contributed by atoms with van der Waals surface area (Å²) >= 11 is 0. The lowest BCUT2D eigenvalue weighted by Gasteiger charge is -2.34. The van der Waals surface area contributed by atoms with E-state index in [1.807, 2.05) is 0 Å². The summed E-state index contributed by atoms with van der Waals surface area (Å²) < 4.78 is 90.5. The molecule has 0 amide bonds. The van der Waals surface area contributed by atoms with Gasteiger partial charge >= 0.3 is 11.4 Å². The second-order valence-corrected chi connectivity index (χ2v) is 7.37. The van der Waals surface area contributed by atoms with Gasteiger partial charge in [-0.1, -0.05) is 12.1 Å². The highest BCUT2D eigenvalue weighted by molar-refractivity contribution is 7.91. The van der Waals surface area contributed by atoms with Crippen molar-refractivity contribution in [3.05, 3.63) is 48.0 Å². The minimum Gasteiger partial charge on any atom is -0.376 e. The second-order valence-electron chi connectivity index (χ2n) is 5.32. The Labute approximate surface area is 138 Å². The van der Waals surface area contributed by atoms with Gasteiger partial charge in [-0.05, 0) is 17.7 Å². The Morgan fingerprint density at radius 1 is 1.08 bits per heavy atom. The van der Waals surface area contributed by atoms with Crippen molar-refractivity contribution in [2.24, 2.45) is 0 Å². The minimum atomic E-state index is -5.12. The molecule has 1 aromatic carbocycles. The molecule has 0 saturated carbocycles. The highest BCUT2D eigenvalue weighted by Gasteiger charge is 2.61. The summed E-state index contributed by atoms with van der Waals surface area (Å²) in [7, 11) is -5.12.